The van der Waals surface area contributed by atoms with Crippen molar-refractivity contribution in [2.45, 2.75) is 43.0 Å². The summed E-state index contributed by atoms with van der Waals surface area (Å²) in [5.74, 6) is 1.91. The first-order valence-electron chi connectivity index (χ1n) is 7.04. The van der Waals surface area contributed by atoms with E-state index >= 15 is 0 Å². The number of nitrogens with zero attached hydrogens (tertiary/aromatic N) is 3. The summed E-state index contributed by atoms with van der Waals surface area (Å²) in [7, 11) is 4.00. The van der Waals surface area contributed by atoms with Gasteiger partial charge in [-0.15, -0.1) is 10.2 Å². The number of thioether (sulfide) groups is 1. The van der Waals surface area contributed by atoms with Gasteiger partial charge in [-0.05, 0) is 18.8 Å². The monoisotopic (exact) mass is 300 g/mol. The van der Waals surface area contributed by atoms with Crippen LogP contribution >= 0.6 is 23.1 Å². The van der Waals surface area contributed by atoms with Crippen molar-refractivity contribution in [3.05, 3.63) is 0 Å². The molecule has 6 heteroatoms. The molecular weight excluding hydrogens is 276 g/mol. The molecule has 0 aromatic carbocycles. The van der Waals surface area contributed by atoms with Crippen molar-refractivity contribution in [2.75, 3.05) is 31.3 Å². The van der Waals surface area contributed by atoms with E-state index < -0.39 is 0 Å². The Labute approximate surface area is 124 Å². The molecule has 0 aliphatic heterocycles. The zero-order valence-corrected chi connectivity index (χ0v) is 13.7. The van der Waals surface area contributed by atoms with Gasteiger partial charge in [0.2, 0.25) is 5.13 Å². The second-order valence-corrected chi connectivity index (χ2v) is 7.71. The van der Waals surface area contributed by atoms with Gasteiger partial charge in [0.15, 0.2) is 4.34 Å². The molecule has 0 spiro atoms. The first kappa shape index (κ1) is 15.1. The van der Waals surface area contributed by atoms with Crippen LogP contribution in [0.1, 0.15) is 32.6 Å². The third-order valence-electron chi connectivity index (χ3n) is 3.62. The van der Waals surface area contributed by atoms with E-state index in [2.05, 4.69) is 22.4 Å². The summed E-state index contributed by atoms with van der Waals surface area (Å²) >= 11 is 3.47. The van der Waals surface area contributed by atoms with Crippen molar-refractivity contribution in [2.24, 2.45) is 5.92 Å². The maximum absolute atomic E-state index is 4.20. The summed E-state index contributed by atoms with van der Waals surface area (Å²) in [6.07, 6.45) is 5.52. The molecule has 108 valence electrons. The molecule has 1 heterocycles. The second kappa shape index (κ2) is 7.45. The lowest BCUT2D eigenvalue weighted by atomic mass is 9.86. The molecule has 0 saturated heterocycles. The topological polar surface area (TPSA) is 41.1 Å². The molecule has 1 aromatic rings. The molecule has 2 rings (SSSR count). The third-order valence-corrected chi connectivity index (χ3v) is 5.85. The van der Waals surface area contributed by atoms with Crippen molar-refractivity contribution in [1.82, 2.24) is 15.5 Å². The molecule has 4 nitrogen and oxygen atoms in total. The first-order valence-corrected chi connectivity index (χ1v) is 8.84. The smallest absolute Gasteiger partial charge is 0.208 e. The minimum atomic E-state index is 0.723. The van der Waals surface area contributed by atoms with Crippen LogP contribution in [-0.2, 0) is 0 Å². The van der Waals surface area contributed by atoms with E-state index in [1.54, 1.807) is 23.1 Å². The van der Waals surface area contributed by atoms with E-state index in [1.807, 2.05) is 19.0 Å². The Morgan fingerprint density at radius 3 is 2.79 bits per heavy atom. The van der Waals surface area contributed by atoms with Gasteiger partial charge in [-0.3, -0.25) is 0 Å². The normalized spacial score (nSPS) is 23.5. The Balaban J connectivity index is 1.65. The summed E-state index contributed by atoms with van der Waals surface area (Å²) in [4.78, 5) is 2.00. The molecule has 1 aromatic heterocycles. The zero-order valence-electron chi connectivity index (χ0n) is 12.1. The van der Waals surface area contributed by atoms with Gasteiger partial charge < -0.3 is 10.2 Å². The van der Waals surface area contributed by atoms with Crippen LogP contribution < -0.4 is 10.2 Å². The van der Waals surface area contributed by atoms with Gasteiger partial charge >= 0.3 is 0 Å². The quantitative estimate of drug-likeness (QED) is 0.646. The van der Waals surface area contributed by atoms with Gasteiger partial charge in [0.05, 0.1) is 0 Å². The summed E-state index contributed by atoms with van der Waals surface area (Å²) in [5.41, 5.74) is 0. The van der Waals surface area contributed by atoms with Crippen LogP contribution in [0.5, 0.6) is 0 Å². The number of nitrogens with one attached hydrogen (secondary N) is 1. The fourth-order valence-electron chi connectivity index (χ4n) is 2.44. The van der Waals surface area contributed by atoms with Gasteiger partial charge in [-0.2, -0.15) is 0 Å². The maximum Gasteiger partial charge on any atom is 0.208 e. The second-order valence-electron chi connectivity index (χ2n) is 5.42. The molecule has 2 atom stereocenters. The Hall–Kier alpha value is -0.330. The van der Waals surface area contributed by atoms with Crippen molar-refractivity contribution < 1.29 is 0 Å². The molecule has 0 amide bonds. The molecule has 0 bridgehead atoms. The lowest BCUT2D eigenvalue weighted by molar-refractivity contribution is 0.285. The Morgan fingerprint density at radius 2 is 2.11 bits per heavy atom. The van der Waals surface area contributed by atoms with Crippen molar-refractivity contribution in [1.29, 1.82) is 0 Å². The van der Waals surface area contributed by atoms with Crippen molar-refractivity contribution in [3.8, 4) is 0 Å². The van der Waals surface area contributed by atoms with E-state index in [4.69, 9.17) is 0 Å². The maximum atomic E-state index is 4.20. The zero-order chi connectivity index (χ0) is 13.7. The lowest BCUT2D eigenvalue weighted by Gasteiger charge is -2.29. The highest BCUT2D eigenvalue weighted by molar-refractivity contribution is 8.01. The highest BCUT2D eigenvalue weighted by atomic mass is 32.2. The fourth-order valence-corrected chi connectivity index (χ4v) is 4.15. The molecule has 1 N–H and O–H groups in total. The predicted molar refractivity (Wildman–Crippen MR) is 84.4 cm³/mol. The molecule has 1 aliphatic carbocycles. The van der Waals surface area contributed by atoms with Gasteiger partial charge in [0, 0.05) is 32.4 Å². The third kappa shape index (κ3) is 4.61. The molecular formula is C13H24N4S2. The number of hydrogen-bond acceptors (Lipinski definition) is 6. The highest BCUT2D eigenvalue weighted by Gasteiger charge is 2.20. The van der Waals surface area contributed by atoms with Crippen molar-refractivity contribution >= 4 is 28.2 Å². The van der Waals surface area contributed by atoms with E-state index in [0.717, 1.165) is 33.7 Å². The average molecular weight is 300 g/mol. The minimum Gasteiger partial charge on any atom is -0.353 e. The standard InChI is InChI=1S/C13H24N4S2/c1-10-6-4-5-7-11(10)14-8-9-18-13-16-15-12(19-13)17(2)3/h10-11,14H,4-9H2,1-3H3. The van der Waals surface area contributed by atoms with Crippen molar-refractivity contribution in [3.63, 3.8) is 0 Å². The Kier molecular flexibility index (Phi) is 5.91. The molecule has 1 saturated carbocycles. The van der Waals surface area contributed by atoms with Gasteiger partial charge in [-0.1, -0.05) is 42.9 Å². The number of rotatable bonds is 6. The molecule has 0 radical (unpaired) electrons. The SMILES string of the molecule is CC1CCCCC1NCCSc1nnc(N(C)C)s1. The largest absolute Gasteiger partial charge is 0.353 e. The lowest BCUT2D eigenvalue weighted by Crippen LogP contribution is -2.38. The number of aromatic nitrogens is 2. The van der Waals surface area contributed by atoms with E-state index in [0.29, 0.717) is 0 Å². The molecule has 19 heavy (non-hydrogen) atoms. The summed E-state index contributed by atoms with van der Waals surface area (Å²) < 4.78 is 1.07. The molecule has 1 aliphatic rings. The minimum absolute atomic E-state index is 0.723. The van der Waals surface area contributed by atoms with Gasteiger partial charge in [-0.25, -0.2) is 0 Å². The van der Waals surface area contributed by atoms with Crippen LogP contribution in [-0.4, -0.2) is 42.6 Å². The van der Waals surface area contributed by atoms with Crippen LogP contribution in [0, 0.1) is 5.92 Å². The first-order chi connectivity index (χ1) is 9.16. The molecule has 1 fully saturated rings. The van der Waals surface area contributed by atoms with Crippen LogP contribution in [0.25, 0.3) is 0 Å². The predicted octanol–water partition coefficient (Wildman–Crippen LogP) is 2.86. The van der Waals surface area contributed by atoms with Crippen LogP contribution in [0.2, 0.25) is 0 Å². The van der Waals surface area contributed by atoms with E-state index in [9.17, 15) is 0 Å². The van der Waals surface area contributed by atoms with Gasteiger partial charge in [0.1, 0.15) is 0 Å². The average Bonchev–Trinajstić information content (AvgIpc) is 2.85. The Bertz CT molecular complexity index is 380. The Morgan fingerprint density at radius 1 is 1.32 bits per heavy atom. The van der Waals surface area contributed by atoms with E-state index in [-0.39, 0.29) is 0 Å². The van der Waals surface area contributed by atoms with Crippen LogP contribution in [0.3, 0.4) is 0 Å². The highest BCUT2D eigenvalue weighted by Crippen LogP contribution is 2.27. The van der Waals surface area contributed by atoms with Gasteiger partial charge in [0.25, 0.3) is 0 Å². The fraction of sp³-hybridized carbons (Fsp3) is 0.846. The summed E-state index contributed by atoms with van der Waals surface area (Å²) in [6.45, 7) is 3.44. The van der Waals surface area contributed by atoms with E-state index in [1.165, 1.54) is 25.7 Å². The van der Waals surface area contributed by atoms with Crippen LogP contribution in [0.4, 0.5) is 5.13 Å². The number of anilines is 1. The van der Waals surface area contributed by atoms with Crippen LogP contribution in [0.15, 0.2) is 4.34 Å². The molecule has 2 unspecified atom stereocenters. The summed E-state index contributed by atoms with van der Waals surface area (Å²) in [6, 6.07) is 0.723. The number of hydrogen-bond donors (Lipinski definition) is 1. The summed E-state index contributed by atoms with van der Waals surface area (Å²) in [5, 5.41) is 13.0.